The lowest BCUT2D eigenvalue weighted by molar-refractivity contribution is 0.406. The number of ether oxygens (including phenoxy) is 1. The van der Waals surface area contributed by atoms with Crippen molar-refractivity contribution in [3.05, 3.63) is 53.3 Å². The number of aryl methyl sites for hydroxylation is 1. The van der Waals surface area contributed by atoms with Crippen molar-refractivity contribution >= 4 is 17.7 Å². The molecule has 0 amide bonds. The minimum absolute atomic E-state index is 0.426. The molecule has 2 rings (SSSR count). The first-order chi connectivity index (χ1) is 12.5. The maximum atomic E-state index is 5.47. The van der Waals surface area contributed by atoms with Gasteiger partial charge in [-0.05, 0) is 26.0 Å². The summed E-state index contributed by atoms with van der Waals surface area (Å²) in [5.41, 5.74) is 3.06. The molecule has 0 saturated heterocycles. The number of aromatic nitrogens is 1. The summed E-state index contributed by atoms with van der Waals surface area (Å²) in [6.45, 7) is 7.66. The lowest BCUT2D eigenvalue weighted by Crippen LogP contribution is -2.39. The highest BCUT2D eigenvalue weighted by atomic mass is 32.2. The van der Waals surface area contributed by atoms with Crippen molar-refractivity contribution in [2.75, 3.05) is 20.7 Å². The lowest BCUT2D eigenvalue weighted by atomic mass is 10.1. The molecule has 5 nitrogen and oxygen atoms in total. The van der Waals surface area contributed by atoms with Crippen LogP contribution in [0, 0.1) is 13.8 Å². The molecule has 1 aromatic carbocycles. The first-order valence-electron chi connectivity index (χ1n) is 8.70. The second kappa shape index (κ2) is 10.1. The number of benzene rings is 1. The molecular formula is C20H28N4OS. The predicted molar refractivity (Wildman–Crippen MR) is 110 cm³/mol. The largest absolute Gasteiger partial charge is 0.496 e. The average molecular weight is 373 g/mol. The van der Waals surface area contributed by atoms with Gasteiger partial charge >= 0.3 is 0 Å². The molecule has 140 valence electrons. The highest BCUT2D eigenvalue weighted by Crippen LogP contribution is 2.24. The molecule has 0 saturated carbocycles. The SMILES string of the molecule is CN=C(NCc1ncc(C)c(OC)c1C)NCC(C)Sc1ccccc1. The molecule has 1 heterocycles. The molecule has 0 aliphatic carbocycles. The van der Waals surface area contributed by atoms with Gasteiger partial charge in [-0.2, -0.15) is 0 Å². The molecule has 0 radical (unpaired) electrons. The molecule has 26 heavy (non-hydrogen) atoms. The average Bonchev–Trinajstić information content (AvgIpc) is 2.64. The highest BCUT2D eigenvalue weighted by Gasteiger charge is 2.10. The fraction of sp³-hybridized carbons (Fsp3) is 0.400. The van der Waals surface area contributed by atoms with Gasteiger partial charge in [-0.15, -0.1) is 11.8 Å². The van der Waals surface area contributed by atoms with Crippen molar-refractivity contribution in [3.63, 3.8) is 0 Å². The summed E-state index contributed by atoms with van der Waals surface area (Å²) in [6.07, 6.45) is 1.84. The van der Waals surface area contributed by atoms with Gasteiger partial charge in [0.25, 0.3) is 0 Å². The van der Waals surface area contributed by atoms with Crippen LogP contribution < -0.4 is 15.4 Å². The summed E-state index contributed by atoms with van der Waals surface area (Å²) in [5.74, 6) is 1.67. The van der Waals surface area contributed by atoms with E-state index in [0.29, 0.717) is 11.8 Å². The molecule has 1 unspecified atom stereocenters. The van der Waals surface area contributed by atoms with Gasteiger partial charge in [0, 0.05) is 41.1 Å². The lowest BCUT2D eigenvalue weighted by Gasteiger charge is -2.17. The molecule has 1 aromatic heterocycles. The summed E-state index contributed by atoms with van der Waals surface area (Å²) in [7, 11) is 3.47. The molecule has 2 aromatic rings. The molecule has 0 aliphatic heterocycles. The van der Waals surface area contributed by atoms with Crippen LogP contribution in [0.15, 0.2) is 46.4 Å². The standard InChI is InChI=1S/C20H28N4OS/c1-14-11-22-18(16(3)19(14)25-5)13-24-20(21-4)23-12-15(2)26-17-9-7-6-8-10-17/h6-11,15H,12-13H2,1-5H3,(H2,21,23,24). The van der Waals surface area contributed by atoms with Gasteiger partial charge in [0.1, 0.15) is 5.75 Å². The Balaban J connectivity index is 1.86. The van der Waals surface area contributed by atoms with E-state index in [1.54, 1.807) is 14.2 Å². The molecule has 1 atom stereocenters. The number of methoxy groups -OCH3 is 1. The summed E-state index contributed by atoms with van der Waals surface area (Å²) >= 11 is 1.85. The zero-order valence-electron chi connectivity index (χ0n) is 16.2. The molecular weight excluding hydrogens is 344 g/mol. The first-order valence-corrected chi connectivity index (χ1v) is 9.58. The zero-order chi connectivity index (χ0) is 18.9. The third-order valence-electron chi connectivity index (χ3n) is 4.03. The number of hydrogen-bond donors (Lipinski definition) is 2. The third-order valence-corrected chi connectivity index (χ3v) is 5.15. The van der Waals surface area contributed by atoms with E-state index in [1.807, 2.05) is 37.9 Å². The second-order valence-electron chi connectivity index (χ2n) is 6.09. The van der Waals surface area contributed by atoms with Crippen molar-refractivity contribution in [1.29, 1.82) is 0 Å². The van der Waals surface area contributed by atoms with Crippen molar-refractivity contribution in [2.24, 2.45) is 4.99 Å². The van der Waals surface area contributed by atoms with E-state index < -0.39 is 0 Å². The number of rotatable bonds is 7. The summed E-state index contributed by atoms with van der Waals surface area (Å²) in [5, 5.41) is 7.13. The first kappa shape index (κ1) is 20.1. The number of guanidine groups is 1. The quantitative estimate of drug-likeness (QED) is 0.442. The van der Waals surface area contributed by atoms with Crippen molar-refractivity contribution in [1.82, 2.24) is 15.6 Å². The number of nitrogens with one attached hydrogen (secondary N) is 2. The Morgan fingerprint density at radius 3 is 2.62 bits per heavy atom. The minimum Gasteiger partial charge on any atom is -0.496 e. The normalized spacial score (nSPS) is 12.6. The van der Waals surface area contributed by atoms with Crippen LogP contribution in [-0.2, 0) is 6.54 Å². The zero-order valence-corrected chi connectivity index (χ0v) is 17.0. The van der Waals surface area contributed by atoms with Crippen LogP contribution in [-0.4, -0.2) is 36.9 Å². The maximum Gasteiger partial charge on any atom is 0.191 e. The van der Waals surface area contributed by atoms with E-state index in [4.69, 9.17) is 4.74 Å². The Labute approximate surface area is 160 Å². The number of aliphatic imine (C=N–C) groups is 1. The van der Waals surface area contributed by atoms with Gasteiger partial charge in [-0.25, -0.2) is 0 Å². The monoisotopic (exact) mass is 372 g/mol. The molecule has 0 fully saturated rings. The summed E-state index contributed by atoms with van der Waals surface area (Å²) in [4.78, 5) is 10.1. The second-order valence-corrected chi connectivity index (χ2v) is 7.61. The van der Waals surface area contributed by atoms with E-state index in [-0.39, 0.29) is 0 Å². The molecule has 6 heteroatoms. The Morgan fingerprint density at radius 1 is 1.23 bits per heavy atom. The van der Waals surface area contributed by atoms with Crippen LogP contribution in [0.5, 0.6) is 5.75 Å². The van der Waals surface area contributed by atoms with E-state index in [1.165, 1.54) is 4.90 Å². The van der Waals surface area contributed by atoms with E-state index in [2.05, 4.69) is 51.8 Å². The van der Waals surface area contributed by atoms with Crippen LogP contribution in [0.3, 0.4) is 0 Å². The van der Waals surface area contributed by atoms with Gasteiger partial charge in [0.05, 0.1) is 19.3 Å². The van der Waals surface area contributed by atoms with Crippen LogP contribution in [0.1, 0.15) is 23.7 Å². The molecule has 2 N–H and O–H groups in total. The molecule has 0 spiro atoms. The fourth-order valence-electron chi connectivity index (χ4n) is 2.65. The summed E-state index contributed by atoms with van der Waals surface area (Å²) in [6, 6.07) is 10.4. The van der Waals surface area contributed by atoms with Gasteiger partial charge < -0.3 is 15.4 Å². The maximum absolute atomic E-state index is 5.47. The Kier molecular flexibility index (Phi) is 7.78. The van der Waals surface area contributed by atoms with Crippen molar-refractivity contribution in [3.8, 4) is 5.75 Å². The highest BCUT2D eigenvalue weighted by molar-refractivity contribution is 8.00. The van der Waals surface area contributed by atoms with Gasteiger partial charge in [-0.3, -0.25) is 9.98 Å². The minimum atomic E-state index is 0.426. The number of hydrogen-bond acceptors (Lipinski definition) is 4. The van der Waals surface area contributed by atoms with Gasteiger partial charge in [0.15, 0.2) is 5.96 Å². The van der Waals surface area contributed by atoms with Crippen LogP contribution in [0.4, 0.5) is 0 Å². The predicted octanol–water partition coefficient (Wildman–Crippen LogP) is 3.55. The third kappa shape index (κ3) is 5.66. The van der Waals surface area contributed by atoms with E-state index in [9.17, 15) is 0 Å². The molecule has 0 aliphatic rings. The van der Waals surface area contributed by atoms with Crippen molar-refractivity contribution < 1.29 is 4.74 Å². The number of thioether (sulfide) groups is 1. The fourth-order valence-corrected chi connectivity index (χ4v) is 3.60. The number of pyridine rings is 1. The van der Waals surface area contributed by atoms with E-state index >= 15 is 0 Å². The van der Waals surface area contributed by atoms with Gasteiger partial charge in [-0.1, -0.05) is 25.1 Å². The van der Waals surface area contributed by atoms with Gasteiger partial charge in [0.2, 0.25) is 0 Å². The smallest absolute Gasteiger partial charge is 0.191 e. The van der Waals surface area contributed by atoms with Crippen molar-refractivity contribution in [2.45, 2.75) is 37.5 Å². The topological polar surface area (TPSA) is 58.5 Å². The Bertz CT molecular complexity index is 734. The number of nitrogens with zero attached hydrogens (tertiary/aromatic N) is 2. The molecule has 0 bridgehead atoms. The van der Waals surface area contributed by atoms with Crippen LogP contribution >= 0.6 is 11.8 Å². The Morgan fingerprint density at radius 2 is 1.96 bits per heavy atom. The summed E-state index contributed by atoms with van der Waals surface area (Å²) < 4.78 is 5.47. The van der Waals surface area contributed by atoms with Crippen LogP contribution in [0.2, 0.25) is 0 Å². The Hall–Kier alpha value is -2.21. The van der Waals surface area contributed by atoms with E-state index in [0.717, 1.165) is 35.1 Å². The van der Waals surface area contributed by atoms with Crippen LogP contribution in [0.25, 0.3) is 0 Å².